The highest BCUT2D eigenvalue weighted by Crippen LogP contribution is 2.37. The van der Waals surface area contributed by atoms with E-state index >= 15 is 0 Å². The lowest BCUT2D eigenvalue weighted by atomic mass is 9.85. The van der Waals surface area contributed by atoms with Crippen molar-refractivity contribution in [3.05, 3.63) is 47.8 Å². The molecule has 1 spiro atoms. The number of carbonyl (C=O) groups excluding carboxylic acids is 2. The van der Waals surface area contributed by atoms with Crippen LogP contribution in [0.25, 0.3) is 0 Å². The van der Waals surface area contributed by atoms with Crippen molar-refractivity contribution in [2.45, 2.75) is 31.3 Å². The Morgan fingerprint density at radius 2 is 1.77 bits per heavy atom. The molecule has 1 aromatic heterocycles. The van der Waals surface area contributed by atoms with E-state index in [9.17, 15) is 9.59 Å². The molecule has 0 aliphatic carbocycles. The molecule has 1 aromatic carbocycles. The van der Waals surface area contributed by atoms with Crippen molar-refractivity contribution in [2.75, 3.05) is 33.8 Å². The van der Waals surface area contributed by atoms with Gasteiger partial charge >= 0.3 is 6.03 Å². The van der Waals surface area contributed by atoms with Gasteiger partial charge in [0, 0.05) is 52.0 Å². The quantitative estimate of drug-likeness (QED) is 0.679. The van der Waals surface area contributed by atoms with Crippen LogP contribution in [0.5, 0.6) is 5.75 Å². The SMILES string of the molecule is COc1ccc(CCN2C(=O)N(C)C(=O)C23CCN(Cc2cnn(C)c2)CC3)cc1. The van der Waals surface area contributed by atoms with E-state index in [1.807, 2.05) is 43.7 Å². The number of nitrogens with zero attached hydrogens (tertiary/aromatic N) is 5. The third-order valence-electron chi connectivity index (χ3n) is 6.37. The third-order valence-corrected chi connectivity index (χ3v) is 6.37. The molecule has 2 fully saturated rings. The van der Waals surface area contributed by atoms with Gasteiger partial charge in [-0.05, 0) is 37.0 Å². The molecule has 2 saturated heterocycles. The second-order valence-corrected chi connectivity index (χ2v) is 8.23. The first-order valence-electron chi connectivity index (χ1n) is 10.4. The van der Waals surface area contributed by atoms with Gasteiger partial charge in [0.05, 0.1) is 13.3 Å². The minimum absolute atomic E-state index is 0.0664. The van der Waals surface area contributed by atoms with Crippen LogP contribution in [0.1, 0.15) is 24.0 Å². The van der Waals surface area contributed by atoms with Crippen molar-refractivity contribution < 1.29 is 14.3 Å². The smallest absolute Gasteiger partial charge is 0.327 e. The lowest BCUT2D eigenvalue weighted by molar-refractivity contribution is -0.134. The summed E-state index contributed by atoms with van der Waals surface area (Å²) in [7, 11) is 5.15. The Bertz CT molecular complexity index is 915. The number of methoxy groups -OCH3 is 1. The van der Waals surface area contributed by atoms with E-state index in [0.717, 1.165) is 36.5 Å². The lowest BCUT2D eigenvalue weighted by Crippen LogP contribution is -2.56. The number of hydrogen-bond acceptors (Lipinski definition) is 5. The highest BCUT2D eigenvalue weighted by atomic mass is 16.5. The first-order valence-corrected chi connectivity index (χ1v) is 10.4. The number of amides is 3. The van der Waals surface area contributed by atoms with Crippen LogP contribution >= 0.6 is 0 Å². The highest BCUT2D eigenvalue weighted by molar-refractivity contribution is 6.06. The van der Waals surface area contributed by atoms with Crippen LogP contribution in [0.4, 0.5) is 4.79 Å². The zero-order valence-corrected chi connectivity index (χ0v) is 17.9. The van der Waals surface area contributed by atoms with Gasteiger partial charge in [-0.1, -0.05) is 12.1 Å². The van der Waals surface area contributed by atoms with Gasteiger partial charge in [-0.3, -0.25) is 19.3 Å². The average Bonchev–Trinajstić information content (AvgIpc) is 3.24. The molecule has 0 saturated carbocycles. The number of aromatic nitrogens is 2. The normalized spacial score (nSPS) is 19.2. The standard InChI is InChI=1S/C22H29N5O3/c1-24-15-18(14-23-24)16-26-12-9-22(10-13-26)20(28)25(2)21(29)27(22)11-8-17-4-6-19(30-3)7-5-17/h4-7,14-15H,8-13,16H2,1-3H3. The van der Waals surface area contributed by atoms with E-state index in [2.05, 4.69) is 10.00 Å². The topological polar surface area (TPSA) is 70.9 Å². The molecule has 0 atom stereocenters. The monoisotopic (exact) mass is 411 g/mol. The molecule has 2 aromatic rings. The minimum atomic E-state index is -0.719. The maximum Gasteiger partial charge on any atom is 0.327 e. The van der Waals surface area contributed by atoms with Crippen LogP contribution in [0.2, 0.25) is 0 Å². The van der Waals surface area contributed by atoms with Gasteiger partial charge in [0.2, 0.25) is 0 Å². The Morgan fingerprint density at radius 3 is 2.37 bits per heavy atom. The molecule has 0 unspecified atom stereocenters. The van der Waals surface area contributed by atoms with Gasteiger partial charge in [-0.15, -0.1) is 0 Å². The molecule has 2 aliphatic rings. The number of aryl methyl sites for hydroxylation is 1. The summed E-state index contributed by atoms with van der Waals surface area (Å²) < 4.78 is 7.01. The second-order valence-electron chi connectivity index (χ2n) is 8.23. The number of hydrogen-bond donors (Lipinski definition) is 0. The minimum Gasteiger partial charge on any atom is -0.497 e. The molecule has 3 amide bonds. The third kappa shape index (κ3) is 3.67. The summed E-state index contributed by atoms with van der Waals surface area (Å²) in [6, 6.07) is 7.67. The second kappa shape index (κ2) is 8.10. The summed E-state index contributed by atoms with van der Waals surface area (Å²) in [6.45, 7) is 2.90. The van der Waals surface area contributed by atoms with Gasteiger partial charge in [-0.2, -0.15) is 5.10 Å². The highest BCUT2D eigenvalue weighted by Gasteiger charge is 2.56. The molecule has 0 bridgehead atoms. The van der Waals surface area contributed by atoms with E-state index in [1.54, 1.807) is 23.7 Å². The molecule has 4 rings (SSSR count). The maximum absolute atomic E-state index is 13.1. The first-order chi connectivity index (χ1) is 14.4. The summed E-state index contributed by atoms with van der Waals surface area (Å²) in [5, 5.41) is 4.23. The van der Waals surface area contributed by atoms with Crippen molar-refractivity contribution in [3.8, 4) is 5.75 Å². The van der Waals surface area contributed by atoms with Gasteiger partial charge in [0.15, 0.2) is 0 Å². The zero-order valence-electron chi connectivity index (χ0n) is 17.9. The van der Waals surface area contributed by atoms with Crippen molar-refractivity contribution in [3.63, 3.8) is 0 Å². The maximum atomic E-state index is 13.1. The van der Waals surface area contributed by atoms with Crippen molar-refractivity contribution in [1.29, 1.82) is 0 Å². The van der Waals surface area contributed by atoms with Gasteiger partial charge in [0.1, 0.15) is 11.3 Å². The number of likely N-dealkylation sites (N-methyl/N-ethyl adjacent to an activating group) is 1. The fourth-order valence-electron chi connectivity index (χ4n) is 4.60. The van der Waals surface area contributed by atoms with E-state index < -0.39 is 5.54 Å². The van der Waals surface area contributed by atoms with Gasteiger partial charge in [0.25, 0.3) is 5.91 Å². The number of carbonyl (C=O) groups is 2. The predicted octanol–water partition coefficient (Wildman–Crippen LogP) is 1.90. The molecule has 0 radical (unpaired) electrons. The molecule has 8 heteroatoms. The summed E-state index contributed by atoms with van der Waals surface area (Å²) in [4.78, 5) is 31.4. The summed E-state index contributed by atoms with van der Waals surface area (Å²) >= 11 is 0. The number of urea groups is 1. The van der Waals surface area contributed by atoms with Crippen molar-refractivity contribution in [1.82, 2.24) is 24.5 Å². The lowest BCUT2D eigenvalue weighted by Gasteiger charge is -2.42. The molecule has 160 valence electrons. The van der Waals surface area contributed by atoms with Crippen molar-refractivity contribution in [2.24, 2.45) is 7.05 Å². The summed E-state index contributed by atoms with van der Waals surface area (Å²) in [5.74, 6) is 0.742. The first kappa shape index (κ1) is 20.4. The Balaban J connectivity index is 1.44. The summed E-state index contributed by atoms with van der Waals surface area (Å²) in [6.07, 6.45) is 5.92. The Morgan fingerprint density at radius 1 is 1.07 bits per heavy atom. The molecule has 30 heavy (non-hydrogen) atoms. The molecular weight excluding hydrogens is 382 g/mol. The van der Waals surface area contributed by atoms with Crippen LogP contribution < -0.4 is 4.74 Å². The Kier molecular flexibility index (Phi) is 5.51. The van der Waals surface area contributed by atoms with E-state index in [-0.39, 0.29) is 11.9 Å². The van der Waals surface area contributed by atoms with Gasteiger partial charge in [-0.25, -0.2) is 4.79 Å². The molecule has 2 aliphatic heterocycles. The molecule has 8 nitrogen and oxygen atoms in total. The fourth-order valence-corrected chi connectivity index (χ4v) is 4.60. The van der Waals surface area contributed by atoms with Crippen LogP contribution in [-0.2, 0) is 24.8 Å². The Hall–Kier alpha value is -2.87. The van der Waals surface area contributed by atoms with E-state index in [0.29, 0.717) is 25.8 Å². The number of rotatable bonds is 6. The van der Waals surface area contributed by atoms with Crippen LogP contribution in [0.3, 0.4) is 0 Å². The predicted molar refractivity (Wildman–Crippen MR) is 112 cm³/mol. The number of ether oxygens (including phenoxy) is 1. The summed E-state index contributed by atoms with van der Waals surface area (Å²) in [5.41, 5.74) is 1.56. The van der Waals surface area contributed by atoms with Crippen molar-refractivity contribution >= 4 is 11.9 Å². The van der Waals surface area contributed by atoms with E-state index in [1.165, 1.54) is 4.90 Å². The number of piperidine rings is 1. The van der Waals surface area contributed by atoms with Gasteiger partial charge < -0.3 is 9.64 Å². The van der Waals surface area contributed by atoms with E-state index in [4.69, 9.17) is 4.74 Å². The van der Waals surface area contributed by atoms with Crippen LogP contribution in [0.15, 0.2) is 36.7 Å². The number of benzene rings is 1. The number of imide groups is 1. The van der Waals surface area contributed by atoms with Crippen LogP contribution in [-0.4, -0.2) is 75.7 Å². The molecule has 0 N–H and O–H groups in total. The fraction of sp³-hybridized carbons (Fsp3) is 0.500. The zero-order chi connectivity index (χ0) is 21.3. The Labute approximate surface area is 177 Å². The molecule has 3 heterocycles. The molecular formula is C22H29N5O3. The number of likely N-dealkylation sites (tertiary alicyclic amines) is 1. The van der Waals surface area contributed by atoms with Crippen LogP contribution in [0, 0.1) is 0 Å². The largest absolute Gasteiger partial charge is 0.497 e. The average molecular weight is 412 g/mol.